The normalized spacial score (nSPS) is 30.3. The molecule has 0 amide bonds. The smallest absolute Gasteiger partial charge is 0.141 e. The average molecular weight is 254 g/mol. The van der Waals surface area contributed by atoms with Crippen LogP contribution in [0.4, 0.5) is 0 Å². The second-order valence-corrected chi connectivity index (χ2v) is 5.41. The van der Waals surface area contributed by atoms with E-state index in [1.807, 2.05) is 0 Å². The fourth-order valence-corrected chi connectivity index (χ4v) is 3.18. The standard InChI is InChI=1S/C14H26N2O2/c1-3-16(4-2)13-5-7-15(10-13)9-12-11-18-8-6-14(12)17/h12-13H,3-11H2,1-2H3. The first-order chi connectivity index (χ1) is 8.74. The van der Waals surface area contributed by atoms with E-state index in [0.717, 1.165) is 32.7 Å². The van der Waals surface area contributed by atoms with Crippen molar-refractivity contribution in [2.24, 2.45) is 5.92 Å². The molecular formula is C14H26N2O2. The Balaban J connectivity index is 1.80. The Labute approximate surface area is 110 Å². The van der Waals surface area contributed by atoms with Crippen molar-refractivity contribution in [1.82, 2.24) is 9.80 Å². The first kappa shape index (κ1) is 14.0. The van der Waals surface area contributed by atoms with Crippen LogP contribution in [-0.4, -0.2) is 67.6 Å². The molecule has 2 unspecified atom stereocenters. The number of hydrogen-bond acceptors (Lipinski definition) is 4. The third kappa shape index (κ3) is 3.31. The summed E-state index contributed by atoms with van der Waals surface area (Å²) in [5.41, 5.74) is 0. The van der Waals surface area contributed by atoms with Crippen LogP contribution >= 0.6 is 0 Å². The predicted octanol–water partition coefficient (Wildman–Crippen LogP) is 1.01. The van der Waals surface area contributed by atoms with Crippen molar-refractivity contribution < 1.29 is 9.53 Å². The van der Waals surface area contributed by atoms with Gasteiger partial charge in [0.1, 0.15) is 5.78 Å². The van der Waals surface area contributed by atoms with E-state index in [0.29, 0.717) is 31.5 Å². The molecule has 0 aromatic rings. The first-order valence-corrected chi connectivity index (χ1v) is 7.31. The van der Waals surface area contributed by atoms with Gasteiger partial charge in [-0.1, -0.05) is 13.8 Å². The SMILES string of the molecule is CCN(CC)C1CCN(CC2COCCC2=O)C1. The number of carbonyl (C=O) groups is 1. The molecule has 0 aliphatic carbocycles. The number of Topliss-reactive ketones (excluding diaryl/α,β-unsaturated/α-hetero) is 1. The molecule has 2 aliphatic heterocycles. The van der Waals surface area contributed by atoms with Gasteiger partial charge >= 0.3 is 0 Å². The first-order valence-electron chi connectivity index (χ1n) is 7.31. The van der Waals surface area contributed by atoms with E-state index in [2.05, 4.69) is 23.6 Å². The van der Waals surface area contributed by atoms with Gasteiger partial charge in [0, 0.05) is 25.6 Å². The third-order valence-corrected chi connectivity index (χ3v) is 4.32. The number of likely N-dealkylation sites (N-methyl/N-ethyl adjacent to an activating group) is 1. The second-order valence-electron chi connectivity index (χ2n) is 5.41. The van der Waals surface area contributed by atoms with Gasteiger partial charge in [-0.25, -0.2) is 0 Å². The Morgan fingerprint density at radius 1 is 1.39 bits per heavy atom. The fourth-order valence-electron chi connectivity index (χ4n) is 3.18. The van der Waals surface area contributed by atoms with Gasteiger partial charge in [-0.05, 0) is 26.1 Å². The lowest BCUT2D eigenvalue weighted by Crippen LogP contribution is -2.40. The Bertz CT molecular complexity index is 279. The van der Waals surface area contributed by atoms with E-state index in [-0.39, 0.29) is 5.92 Å². The van der Waals surface area contributed by atoms with Crippen molar-refractivity contribution in [2.75, 3.05) is 45.9 Å². The summed E-state index contributed by atoms with van der Waals surface area (Å²) in [6.45, 7) is 11.1. The molecule has 0 aromatic heterocycles. The minimum Gasteiger partial charge on any atom is -0.380 e. The van der Waals surface area contributed by atoms with Gasteiger partial charge in [-0.3, -0.25) is 9.69 Å². The molecule has 0 aromatic carbocycles. The van der Waals surface area contributed by atoms with Crippen molar-refractivity contribution >= 4 is 5.78 Å². The highest BCUT2D eigenvalue weighted by molar-refractivity contribution is 5.82. The Morgan fingerprint density at radius 3 is 2.83 bits per heavy atom. The van der Waals surface area contributed by atoms with Crippen LogP contribution in [0.25, 0.3) is 0 Å². The molecule has 2 saturated heterocycles. The summed E-state index contributed by atoms with van der Waals surface area (Å²) >= 11 is 0. The van der Waals surface area contributed by atoms with Crippen LogP contribution in [-0.2, 0) is 9.53 Å². The molecule has 4 heteroatoms. The van der Waals surface area contributed by atoms with Gasteiger partial charge in [0.05, 0.1) is 19.1 Å². The maximum absolute atomic E-state index is 11.8. The topological polar surface area (TPSA) is 32.8 Å². The lowest BCUT2D eigenvalue weighted by molar-refractivity contribution is -0.131. The van der Waals surface area contributed by atoms with E-state index in [1.165, 1.54) is 6.42 Å². The number of hydrogen-bond donors (Lipinski definition) is 0. The molecular weight excluding hydrogens is 228 g/mol. The van der Waals surface area contributed by atoms with E-state index in [1.54, 1.807) is 0 Å². The number of nitrogens with zero attached hydrogens (tertiary/aromatic N) is 2. The maximum Gasteiger partial charge on any atom is 0.141 e. The molecule has 0 N–H and O–H groups in total. The molecule has 2 fully saturated rings. The number of ketones is 1. The van der Waals surface area contributed by atoms with E-state index in [9.17, 15) is 4.79 Å². The van der Waals surface area contributed by atoms with Gasteiger partial charge < -0.3 is 9.64 Å². The summed E-state index contributed by atoms with van der Waals surface area (Å²) in [6.07, 6.45) is 1.85. The summed E-state index contributed by atoms with van der Waals surface area (Å²) in [5.74, 6) is 0.516. The Morgan fingerprint density at radius 2 is 2.17 bits per heavy atom. The minimum absolute atomic E-state index is 0.120. The molecule has 0 spiro atoms. The second kappa shape index (κ2) is 6.64. The van der Waals surface area contributed by atoms with E-state index >= 15 is 0 Å². The number of carbonyl (C=O) groups excluding carboxylic acids is 1. The zero-order chi connectivity index (χ0) is 13.0. The molecule has 2 heterocycles. The predicted molar refractivity (Wildman–Crippen MR) is 71.7 cm³/mol. The van der Waals surface area contributed by atoms with Gasteiger partial charge in [0.25, 0.3) is 0 Å². The number of ether oxygens (including phenoxy) is 1. The fraction of sp³-hybridized carbons (Fsp3) is 0.929. The van der Waals surface area contributed by atoms with Crippen LogP contribution in [0.5, 0.6) is 0 Å². The van der Waals surface area contributed by atoms with Gasteiger partial charge in [-0.15, -0.1) is 0 Å². The molecule has 0 saturated carbocycles. The Hall–Kier alpha value is -0.450. The lowest BCUT2D eigenvalue weighted by Gasteiger charge is -2.28. The van der Waals surface area contributed by atoms with Gasteiger partial charge in [0.2, 0.25) is 0 Å². The van der Waals surface area contributed by atoms with E-state index in [4.69, 9.17) is 4.74 Å². The van der Waals surface area contributed by atoms with Gasteiger partial charge in [-0.2, -0.15) is 0 Å². The largest absolute Gasteiger partial charge is 0.380 e. The van der Waals surface area contributed by atoms with E-state index < -0.39 is 0 Å². The number of rotatable bonds is 5. The van der Waals surface area contributed by atoms with Crippen LogP contribution in [0.15, 0.2) is 0 Å². The summed E-state index contributed by atoms with van der Waals surface area (Å²) in [5, 5.41) is 0. The zero-order valence-electron chi connectivity index (χ0n) is 11.7. The third-order valence-electron chi connectivity index (χ3n) is 4.32. The lowest BCUT2D eigenvalue weighted by atomic mass is 10.0. The molecule has 0 bridgehead atoms. The molecule has 4 nitrogen and oxygen atoms in total. The van der Waals surface area contributed by atoms with Crippen LogP contribution in [0.3, 0.4) is 0 Å². The monoisotopic (exact) mass is 254 g/mol. The summed E-state index contributed by atoms with van der Waals surface area (Å²) in [7, 11) is 0. The molecule has 104 valence electrons. The minimum atomic E-state index is 0.120. The molecule has 2 rings (SSSR count). The van der Waals surface area contributed by atoms with Crippen molar-refractivity contribution in [2.45, 2.75) is 32.7 Å². The molecule has 18 heavy (non-hydrogen) atoms. The maximum atomic E-state index is 11.8. The Kier molecular flexibility index (Phi) is 5.15. The van der Waals surface area contributed by atoms with Crippen molar-refractivity contribution in [3.05, 3.63) is 0 Å². The zero-order valence-corrected chi connectivity index (χ0v) is 11.7. The molecule has 0 radical (unpaired) electrons. The highest BCUT2D eigenvalue weighted by Crippen LogP contribution is 2.19. The van der Waals surface area contributed by atoms with Crippen LogP contribution in [0, 0.1) is 5.92 Å². The molecule has 2 aliphatic rings. The molecule has 2 atom stereocenters. The highest BCUT2D eigenvalue weighted by atomic mass is 16.5. The van der Waals surface area contributed by atoms with Crippen molar-refractivity contribution in [1.29, 1.82) is 0 Å². The van der Waals surface area contributed by atoms with Crippen LogP contribution in [0.2, 0.25) is 0 Å². The quantitative estimate of drug-likeness (QED) is 0.733. The van der Waals surface area contributed by atoms with Crippen molar-refractivity contribution in [3.8, 4) is 0 Å². The van der Waals surface area contributed by atoms with Gasteiger partial charge in [0.15, 0.2) is 0 Å². The highest BCUT2D eigenvalue weighted by Gasteiger charge is 2.30. The number of likely N-dealkylation sites (tertiary alicyclic amines) is 1. The van der Waals surface area contributed by atoms with Crippen LogP contribution < -0.4 is 0 Å². The van der Waals surface area contributed by atoms with Crippen LogP contribution in [0.1, 0.15) is 26.7 Å². The van der Waals surface area contributed by atoms with Crippen molar-refractivity contribution in [3.63, 3.8) is 0 Å². The summed E-state index contributed by atoms with van der Waals surface area (Å²) < 4.78 is 5.42. The summed E-state index contributed by atoms with van der Waals surface area (Å²) in [6, 6.07) is 0.680. The summed E-state index contributed by atoms with van der Waals surface area (Å²) in [4.78, 5) is 16.8. The average Bonchev–Trinajstić information content (AvgIpc) is 2.82.